The summed E-state index contributed by atoms with van der Waals surface area (Å²) in [4.78, 5) is 0. The molecule has 1 aliphatic heterocycles. The second-order valence-electron chi connectivity index (χ2n) is 6.24. The van der Waals surface area contributed by atoms with E-state index in [2.05, 4.69) is 0 Å². The zero-order valence-electron chi connectivity index (χ0n) is 15.5. The van der Waals surface area contributed by atoms with Gasteiger partial charge in [-0.3, -0.25) is 13.7 Å². The van der Waals surface area contributed by atoms with Gasteiger partial charge in [0.05, 0.1) is 5.66 Å². The second-order valence-corrected chi connectivity index (χ2v) is 11.8. The summed E-state index contributed by atoms with van der Waals surface area (Å²) in [5.41, 5.74) is 0.464. The van der Waals surface area contributed by atoms with Gasteiger partial charge in [-0.15, -0.1) is 0 Å². The van der Waals surface area contributed by atoms with Gasteiger partial charge in [0, 0.05) is 37.8 Å². The molecule has 10 heteroatoms. The summed E-state index contributed by atoms with van der Waals surface area (Å²) >= 11 is 12.0. The van der Waals surface area contributed by atoms with Crippen molar-refractivity contribution >= 4 is 38.4 Å². The highest BCUT2D eigenvalue weighted by atomic mass is 35.5. The molecule has 1 saturated heterocycles. The monoisotopic (exact) mass is 464 g/mol. The first-order valence-corrected chi connectivity index (χ1v) is 12.2. The predicted molar refractivity (Wildman–Crippen MR) is 109 cm³/mol. The van der Waals surface area contributed by atoms with Crippen LogP contribution in [0.15, 0.2) is 48.5 Å². The Morgan fingerprint density at radius 3 is 1.96 bits per heavy atom. The Balaban J connectivity index is 2.21. The lowest BCUT2D eigenvalue weighted by atomic mass is 10.0. The van der Waals surface area contributed by atoms with Crippen LogP contribution in [-0.2, 0) is 32.6 Å². The average Bonchev–Trinajstić information content (AvgIpc) is 3.04. The molecule has 0 radical (unpaired) electrons. The van der Waals surface area contributed by atoms with Crippen LogP contribution in [0.4, 0.5) is 0 Å². The quantitative estimate of drug-likeness (QED) is 0.446. The minimum absolute atomic E-state index is 0.0559. The Labute approximate surface area is 174 Å². The van der Waals surface area contributed by atoms with Crippen LogP contribution in [0.3, 0.4) is 0 Å². The van der Waals surface area contributed by atoms with E-state index in [0.29, 0.717) is 21.2 Å². The molecule has 6 nitrogen and oxygen atoms in total. The van der Waals surface area contributed by atoms with E-state index in [1.54, 1.807) is 48.5 Å². The van der Waals surface area contributed by atoms with E-state index in [9.17, 15) is 9.13 Å². The van der Waals surface area contributed by atoms with Crippen LogP contribution in [0.25, 0.3) is 0 Å². The van der Waals surface area contributed by atoms with Crippen LogP contribution in [0.5, 0.6) is 0 Å². The van der Waals surface area contributed by atoms with Gasteiger partial charge in [-0.25, -0.2) is 0 Å². The Bertz CT molecular complexity index is 926. The van der Waals surface area contributed by atoms with Crippen LogP contribution < -0.4 is 0 Å². The first kappa shape index (κ1) is 22.0. The lowest BCUT2D eigenvalue weighted by Crippen LogP contribution is -2.26. The fourth-order valence-electron chi connectivity index (χ4n) is 3.41. The molecule has 0 aromatic heterocycles. The van der Waals surface area contributed by atoms with E-state index in [-0.39, 0.29) is 6.42 Å². The molecule has 0 amide bonds. The van der Waals surface area contributed by atoms with E-state index in [1.807, 2.05) is 0 Å². The minimum atomic E-state index is -3.90. The predicted octanol–water partition coefficient (Wildman–Crippen LogP) is 6.63. The molecule has 0 bridgehead atoms. The standard InChI is InChI=1S/C18H20Cl2O6P2/c1-23-27(21)17(13-4-8-15(19)9-5-13)12-18(26-27,28(22,24-2)25-3)14-6-10-16(20)11-7-14/h4-11,17H,12H2,1-3H3. The maximum absolute atomic E-state index is 13.6. The molecular formula is C18H20Cl2O6P2. The largest absolute Gasteiger partial charge is 0.366 e. The zero-order valence-corrected chi connectivity index (χ0v) is 18.8. The van der Waals surface area contributed by atoms with Crippen molar-refractivity contribution in [2.24, 2.45) is 0 Å². The lowest BCUT2D eigenvalue weighted by molar-refractivity contribution is 0.104. The summed E-state index contributed by atoms with van der Waals surface area (Å²) in [7, 11) is -3.81. The van der Waals surface area contributed by atoms with Crippen molar-refractivity contribution in [2.45, 2.75) is 17.4 Å². The average molecular weight is 465 g/mol. The van der Waals surface area contributed by atoms with E-state index >= 15 is 0 Å². The third-order valence-corrected chi connectivity index (χ3v) is 10.2. The molecule has 0 saturated carbocycles. The van der Waals surface area contributed by atoms with Crippen molar-refractivity contribution in [2.75, 3.05) is 21.3 Å². The van der Waals surface area contributed by atoms with Crippen LogP contribution in [0.1, 0.15) is 23.2 Å². The number of rotatable bonds is 6. The Morgan fingerprint density at radius 1 is 1.00 bits per heavy atom. The lowest BCUT2D eigenvalue weighted by Gasteiger charge is -2.33. The van der Waals surface area contributed by atoms with E-state index in [4.69, 9.17) is 41.3 Å². The van der Waals surface area contributed by atoms with Gasteiger partial charge in [-0.05, 0) is 35.4 Å². The highest BCUT2D eigenvalue weighted by Gasteiger charge is 2.65. The van der Waals surface area contributed by atoms with Crippen LogP contribution in [0.2, 0.25) is 10.0 Å². The number of hydrogen-bond acceptors (Lipinski definition) is 6. The van der Waals surface area contributed by atoms with Gasteiger partial charge in [0.1, 0.15) is 0 Å². The number of hydrogen-bond donors (Lipinski definition) is 0. The fourth-order valence-corrected chi connectivity index (χ4v) is 8.23. The summed E-state index contributed by atoms with van der Waals surface area (Å²) in [5, 5.41) is -0.596. The summed E-state index contributed by atoms with van der Waals surface area (Å²) < 4.78 is 49.1. The molecule has 28 heavy (non-hydrogen) atoms. The third-order valence-electron chi connectivity index (χ3n) is 4.86. The Morgan fingerprint density at radius 2 is 1.50 bits per heavy atom. The maximum Gasteiger partial charge on any atom is 0.366 e. The molecular weight excluding hydrogens is 445 g/mol. The van der Waals surface area contributed by atoms with Crippen molar-refractivity contribution in [3.05, 3.63) is 69.7 Å². The molecule has 1 heterocycles. The summed E-state index contributed by atoms with van der Waals surface area (Å²) in [6.45, 7) is 0. The first-order valence-electron chi connectivity index (χ1n) is 8.33. The van der Waals surface area contributed by atoms with Crippen LogP contribution in [0, 0.1) is 0 Å². The van der Waals surface area contributed by atoms with Gasteiger partial charge in [-0.1, -0.05) is 47.5 Å². The Hall–Kier alpha value is -0.680. The van der Waals surface area contributed by atoms with Crippen LogP contribution in [-0.4, -0.2) is 21.3 Å². The van der Waals surface area contributed by atoms with Gasteiger partial charge < -0.3 is 13.6 Å². The molecule has 0 N–H and O–H groups in total. The number of benzene rings is 2. The van der Waals surface area contributed by atoms with E-state index < -0.39 is 26.2 Å². The molecule has 3 unspecified atom stereocenters. The SMILES string of the molecule is COP1(=O)OC(c2ccc(Cl)cc2)(P(=O)(OC)OC)CC1c1ccc(Cl)cc1. The Kier molecular flexibility index (Phi) is 6.46. The van der Waals surface area contributed by atoms with E-state index in [1.165, 1.54) is 21.3 Å². The van der Waals surface area contributed by atoms with Crippen molar-refractivity contribution in [3.8, 4) is 0 Å². The van der Waals surface area contributed by atoms with Gasteiger partial charge in [0.25, 0.3) is 0 Å². The summed E-state index contributed by atoms with van der Waals surface area (Å²) in [6, 6.07) is 13.4. The molecule has 152 valence electrons. The third kappa shape index (κ3) is 3.62. The maximum atomic E-state index is 13.6. The zero-order chi connectivity index (χ0) is 20.6. The second kappa shape index (κ2) is 8.22. The van der Waals surface area contributed by atoms with E-state index in [0.717, 1.165) is 0 Å². The van der Waals surface area contributed by atoms with Gasteiger partial charge in [0.15, 0.2) is 0 Å². The molecule has 0 spiro atoms. The molecule has 1 aliphatic rings. The summed E-state index contributed by atoms with van der Waals surface area (Å²) in [5.74, 6) is 0. The van der Waals surface area contributed by atoms with Crippen molar-refractivity contribution < 1.29 is 27.2 Å². The summed E-state index contributed by atoms with van der Waals surface area (Å²) in [6.07, 6.45) is 0.0559. The normalized spacial score (nSPS) is 27.8. The van der Waals surface area contributed by atoms with Crippen molar-refractivity contribution in [1.29, 1.82) is 0 Å². The van der Waals surface area contributed by atoms with Crippen molar-refractivity contribution in [3.63, 3.8) is 0 Å². The molecule has 2 aromatic carbocycles. The fraction of sp³-hybridized carbons (Fsp3) is 0.333. The van der Waals surface area contributed by atoms with Gasteiger partial charge >= 0.3 is 15.2 Å². The van der Waals surface area contributed by atoms with Gasteiger partial charge in [0.2, 0.25) is 5.34 Å². The molecule has 3 rings (SSSR count). The molecule has 2 aromatic rings. The smallest absolute Gasteiger partial charge is 0.311 e. The highest BCUT2D eigenvalue weighted by molar-refractivity contribution is 7.59. The highest BCUT2D eigenvalue weighted by Crippen LogP contribution is 2.82. The molecule has 3 atom stereocenters. The topological polar surface area (TPSA) is 71.1 Å². The van der Waals surface area contributed by atoms with Gasteiger partial charge in [-0.2, -0.15) is 0 Å². The van der Waals surface area contributed by atoms with Crippen LogP contribution >= 0.6 is 38.4 Å². The molecule has 1 fully saturated rings. The minimum Gasteiger partial charge on any atom is -0.311 e. The first-order chi connectivity index (χ1) is 13.2. The molecule has 0 aliphatic carbocycles. The van der Waals surface area contributed by atoms with Crippen molar-refractivity contribution in [1.82, 2.24) is 0 Å². The number of halogens is 2.